The number of carbonyl (C=O) groups excluding carboxylic acids is 1. The molecule has 136 valence electrons. The summed E-state index contributed by atoms with van der Waals surface area (Å²) in [6.07, 6.45) is 3.43. The second kappa shape index (κ2) is 7.79. The number of carbonyl (C=O) groups is 1. The molecule has 0 aliphatic heterocycles. The molecule has 2 aromatic carbocycles. The smallest absolute Gasteiger partial charge is 0.231 e. The lowest BCUT2D eigenvalue weighted by molar-refractivity contribution is -0.116. The van der Waals surface area contributed by atoms with Gasteiger partial charge < -0.3 is 14.8 Å². The standard InChI is InChI=1S/C20H21ClN2O3/c1-3-4-5-6-18(24)22-14-9-12(2)19(25)15(11-14)20-23-16-10-13(21)7-8-17(16)26-20/h7-11,25H,3-6H2,1-2H3,(H,22,24). The fourth-order valence-electron chi connectivity index (χ4n) is 2.79. The number of phenolic OH excluding ortho intramolecular Hbond substituents is 1. The van der Waals surface area contributed by atoms with Crippen molar-refractivity contribution < 1.29 is 14.3 Å². The second-order valence-corrected chi connectivity index (χ2v) is 6.76. The minimum absolute atomic E-state index is 0.0427. The van der Waals surface area contributed by atoms with Crippen LogP contribution < -0.4 is 5.32 Å². The maximum atomic E-state index is 12.1. The molecule has 1 amide bonds. The number of halogens is 1. The summed E-state index contributed by atoms with van der Waals surface area (Å²) in [4.78, 5) is 16.5. The van der Waals surface area contributed by atoms with Gasteiger partial charge in [-0.2, -0.15) is 0 Å². The predicted octanol–water partition coefficient (Wildman–Crippen LogP) is 5.68. The molecule has 26 heavy (non-hydrogen) atoms. The molecule has 0 atom stereocenters. The number of benzene rings is 2. The van der Waals surface area contributed by atoms with E-state index in [4.69, 9.17) is 16.0 Å². The van der Waals surface area contributed by atoms with Crippen LogP contribution in [0.25, 0.3) is 22.6 Å². The van der Waals surface area contributed by atoms with E-state index >= 15 is 0 Å². The van der Waals surface area contributed by atoms with Crippen molar-refractivity contribution in [2.24, 2.45) is 0 Å². The van der Waals surface area contributed by atoms with Crippen LogP contribution in [0.1, 0.15) is 38.2 Å². The molecule has 0 bridgehead atoms. The van der Waals surface area contributed by atoms with Crippen LogP contribution >= 0.6 is 11.6 Å². The number of amides is 1. The van der Waals surface area contributed by atoms with Gasteiger partial charge in [0.1, 0.15) is 11.3 Å². The van der Waals surface area contributed by atoms with Crippen molar-refractivity contribution in [3.8, 4) is 17.2 Å². The quantitative estimate of drug-likeness (QED) is 0.431. The van der Waals surface area contributed by atoms with E-state index in [0.29, 0.717) is 39.4 Å². The molecule has 0 saturated carbocycles. The molecule has 3 rings (SSSR count). The zero-order valence-corrected chi connectivity index (χ0v) is 15.6. The van der Waals surface area contributed by atoms with E-state index in [-0.39, 0.29) is 17.5 Å². The van der Waals surface area contributed by atoms with Crippen LogP contribution in [0.15, 0.2) is 34.7 Å². The van der Waals surface area contributed by atoms with Crippen LogP contribution in [0.3, 0.4) is 0 Å². The van der Waals surface area contributed by atoms with Crippen LogP contribution in [-0.4, -0.2) is 16.0 Å². The van der Waals surface area contributed by atoms with Crippen molar-refractivity contribution in [1.82, 2.24) is 4.98 Å². The minimum Gasteiger partial charge on any atom is -0.507 e. The van der Waals surface area contributed by atoms with Gasteiger partial charge in [0, 0.05) is 17.1 Å². The van der Waals surface area contributed by atoms with Gasteiger partial charge in [-0.05, 0) is 49.2 Å². The monoisotopic (exact) mass is 372 g/mol. The predicted molar refractivity (Wildman–Crippen MR) is 104 cm³/mol. The summed E-state index contributed by atoms with van der Waals surface area (Å²) in [5.41, 5.74) is 2.86. The third kappa shape index (κ3) is 3.99. The van der Waals surface area contributed by atoms with Crippen molar-refractivity contribution >= 4 is 34.3 Å². The summed E-state index contributed by atoms with van der Waals surface area (Å²) in [5, 5.41) is 13.9. The van der Waals surface area contributed by atoms with Gasteiger partial charge in [0.2, 0.25) is 11.8 Å². The van der Waals surface area contributed by atoms with Gasteiger partial charge >= 0.3 is 0 Å². The molecule has 1 heterocycles. The van der Waals surface area contributed by atoms with Gasteiger partial charge in [-0.15, -0.1) is 0 Å². The first-order chi connectivity index (χ1) is 12.5. The van der Waals surface area contributed by atoms with Crippen molar-refractivity contribution in [3.63, 3.8) is 0 Å². The Kier molecular flexibility index (Phi) is 5.47. The average molecular weight is 373 g/mol. The zero-order chi connectivity index (χ0) is 18.7. The lowest BCUT2D eigenvalue weighted by atomic mass is 10.1. The number of nitrogens with one attached hydrogen (secondary N) is 1. The third-order valence-corrected chi connectivity index (χ3v) is 4.41. The van der Waals surface area contributed by atoms with E-state index in [9.17, 15) is 9.90 Å². The van der Waals surface area contributed by atoms with E-state index in [1.807, 2.05) is 0 Å². The van der Waals surface area contributed by atoms with Crippen LogP contribution in [0.4, 0.5) is 5.69 Å². The normalized spacial score (nSPS) is 11.0. The first-order valence-electron chi connectivity index (χ1n) is 8.68. The number of aromatic hydroxyl groups is 1. The molecule has 0 saturated heterocycles. The number of phenols is 1. The highest BCUT2D eigenvalue weighted by molar-refractivity contribution is 6.31. The van der Waals surface area contributed by atoms with Crippen LogP contribution in [0.5, 0.6) is 5.75 Å². The van der Waals surface area contributed by atoms with Crippen molar-refractivity contribution in [3.05, 3.63) is 40.9 Å². The molecule has 0 radical (unpaired) electrons. The SMILES string of the molecule is CCCCCC(=O)Nc1cc(C)c(O)c(-c2nc3cc(Cl)ccc3o2)c1. The molecular formula is C20H21ClN2O3. The first-order valence-corrected chi connectivity index (χ1v) is 9.05. The lowest BCUT2D eigenvalue weighted by Gasteiger charge is -2.10. The van der Waals surface area contributed by atoms with Crippen molar-refractivity contribution in [2.75, 3.05) is 5.32 Å². The summed E-state index contributed by atoms with van der Waals surface area (Å²) in [5.74, 6) is 0.315. The van der Waals surface area contributed by atoms with Crippen LogP contribution in [-0.2, 0) is 4.79 Å². The minimum atomic E-state index is -0.0427. The Morgan fingerprint density at radius 3 is 2.85 bits per heavy atom. The maximum Gasteiger partial charge on any atom is 0.231 e. The molecule has 0 fully saturated rings. The van der Waals surface area contributed by atoms with Crippen LogP contribution in [0.2, 0.25) is 5.02 Å². The molecular weight excluding hydrogens is 352 g/mol. The Morgan fingerprint density at radius 2 is 2.08 bits per heavy atom. The first kappa shape index (κ1) is 18.3. The van der Waals surface area contributed by atoms with Gasteiger partial charge in [-0.25, -0.2) is 4.98 Å². The number of aryl methyl sites for hydroxylation is 1. The maximum absolute atomic E-state index is 12.1. The molecule has 3 aromatic rings. The summed E-state index contributed by atoms with van der Waals surface area (Å²) in [6.45, 7) is 3.87. The molecule has 0 spiro atoms. The molecule has 5 nitrogen and oxygen atoms in total. The molecule has 2 N–H and O–H groups in total. The highest BCUT2D eigenvalue weighted by atomic mass is 35.5. The summed E-state index contributed by atoms with van der Waals surface area (Å²) in [6, 6.07) is 8.56. The fourth-order valence-corrected chi connectivity index (χ4v) is 2.96. The second-order valence-electron chi connectivity index (χ2n) is 6.33. The highest BCUT2D eigenvalue weighted by Gasteiger charge is 2.16. The van der Waals surface area contributed by atoms with Crippen molar-refractivity contribution in [2.45, 2.75) is 39.5 Å². The Hall–Kier alpha value is -2.53. The lowest BCUT2D eigenvalue weighted by Crippen LogP contribution is -2.11. The number of fused-ring (bicyclic) bond motifs is 1. The number of oxazole rings is 1. The van der Waals surface area contributed by atoms with Gasteiger partial charge in [0.05, 0.1) is 5.56 Å². The number of hydrogen-bond donors (Lipinski definition) is 2. The van der Waals surface area contributed by atoms with E-state index in [0.717, 1.165) is 19.3 Å². The number of anilines is 1. The molecule has 0 unspecified atom stereocenters. The van der Waals surface area contributed by atoms with Gasteiger partial charge in [0.25, 0.3) is 0 Å². The Balaban J connectivity index is 1.91. The van der Waals surface area contributed by atoms with Crippen LogP contribution in [0, 0.1) is 6.92 Å². The molecule has 1 aromatic heterocycles. The largest absolute Gasteiger partial charge is 0.507 e. The number of rotatable bonds is 6. The Morgan fingerprint density at radius 1 is 1.27 bits per heavy atom. The Bertz CT molecular complexity index is 950. The summed E-state index contributed by atoms with van der Waals surface area (Å²) in [7, 11) is 0. The van der Waals surface area contributed by atoms with Gasteiger partial charge in [-0.1, -0.05) is 31.4 Å². The topological polar surface area (TPSA) is 75.4 Å². The fraction of sp³-hybridized carbons (Fsp3) is 0.300. The van der Waals surface area contributed by atoms with E-state index in [2.05, 4.69) is 17.2 Å². The van der Waals surface area contributed by atoms with Crippen molar-refractivity contribution in [1.29, 1.82) is 0 Å². The zero-order valence-electron chi connectivity index (χ0n) is 14.8. The van der Waals surface area contributed by atoms with Gasteiger partial charge in [-0.3, -0.25) is 4.79 Å². The number of nitrogens with zero attached hydrogens (tertiary/aromatic N) is 1. The average Bonchev–Trinajstić information content (AvgIpc) is 3.01. The third-order valence-electron chi connectivity index (χ3n) is 4.17. The molecule has 0 aliphatic carbocycles. The number of hydrogen-bond acceptors (Lipinski definition) is 4. The van der Waals surface area contributed by atoms with E-state index in [1.54, 1.807) is 37.3 Å². The number of aromatic nitrogens is 1. The summed E-state index contributed by atoms with van der Waals surface area (Å²) >= 11 is 5.99. The highest BCUT2D eigenvalue weighted by Crippen LogP contribution is 2.36. The summed E-state index contributed by atoms with van der Waals surface area (Å²) < 4.78 is 5.74. The Labute approximate surface area is 157 Å². The molecule has 0 aliphatic rings. The molecule has 6 heteroatoms. The number of unbranched alkanes of at least 4 members (excludes halogenated alkanes) is 2. The van der Waals surface area contributed by atoms with E-state index < -0.39 is 0 Å². The van der Waals surface area contributed by atoms with Gasteiger partial charge in [0.15, 0.2) is 5.58 Å². The van der Waals surface area contributed by atoms with E-state index in [1.165, 1.54) is 0 Å².